The van der Waals surface area contributed by atoms with E-state index in [2.05, 4.69) is 5.32 Å². The van der Waals surface area contributed by atoms with Crippen LogP contribution < -0.4 is 5.32 Å². The smallest absolute Gasteiger partial charge is 0.123 e. The molecule has 0 radical (unpaired) electrons. The Morgan fingerprint density at radius 3 is 3.06 bits per heavy atom. The van der Waals surface area contributed by atoms with Crippen LogP contribution in [-0.2, 0) is 11.3 Å². The standard InChI is InChI=1S/C12H15ClFNO2/c13-11-2-1-10(14)5-9(11)6-15-7-12(16)3-4-17-8-12/h1-2,5,15-16H,3-4,6-8H2. The Kier molecular flexibility index (Phi) is 3.99. The summed E-state index contributed by atoms with van der Waals surface area (Å²) in [6.45, 7) is 1.77. The summed E-state index contributed by atoms with van der Waals surface area (Å²) in [5.41, 5.74) is -0.117. The second-order valence-corrected chi connectivity index (χ2v) is 4.77. The lowest BCUT2D eigenvalue weighted by atomic mass is 10.0. The molecular formula is C12H15ClFNO2. The van der Waals surface area contributed by atoms with Crippen LogP contribution in [0.5, 0.6) is 0 Å². The van der Waals surface area contributed by atoms with E-state index in [1.54, 1.807) is 0 Å². The maximum Gasteiger partial charge on any atom is 0.123 e. The van der Waals surface area contributed by atoms with Crippen LogP contribution >= 0.6 is 11.6 Å². The van der Waals surface area contributed by atoms with Gasteiger partial charge >= 0.3 is 0 Å². The first kappa shape index (κ1) is 12.8. The lowest BCUT2D eigenvalue weighted by Crippen LogP contribution is -2.40. The van der Waals surface area contributed by atoms with Gasteiger partial charge in [-0.1, -0.05) is 11.6 Å². The van der Waals surface area contributed by atoms with Crippen molar-refractivity contribution in [1.82, 2.24) is 5.32 Å². The van der Waals surface area contributed by atoms with E-state index in [1.807, 2.05) is 0 Å². The summed E-state index contributed by atoms with van der Waals surface area (Å²) in [5.74, 6) is -0.311. The number of hydrogen-bond donors (Lipinski definition) is 2. The molecule has 1 aromatic carbocycles. The Morgan fingerprint density at radius 1 is 1.53 bits per heavy atom. The third-order valence-corrected chi connectivity index (χ3v) is 3.23. The first-order valence-corrected chi connectivity index (χ1v) is 5.92. The van der Waals surface area contributed by atoms with Crippen molar-refractivity contribution in [3.8, 4) is 0 Å². The summed E-state index contributed by atoms with van der Waals surface area (Å²) in [4.78, 5) is 0. The van der Waals surface area contributed by atoms with Crippen molar-refractivity contribution in [2.24, 2.45) is 0 Å². The molecular weight excluding hydrogens is 245 g/mol. The number of aliphatic hydroxyl groups is 1. The average Bonchev–Trinajstić information content (AvgIpc) is 2.71. The largest absolute Gasteiger partial charge is 0.386 e. The molecule has 2 rings (SSSR count). The number of rotatable bonds is 4. The molecule has 0 saturated carbocycles. The molecule has 1 aromatic rings. The summed E-state index contributed by atoms with van der Waals surface area (Å²) in [6, 6.07) is 4.25. The van der Waals surface area contributed by atoms with E-state index in [9.17, 15) is 9.50 Å². The van der Waals surface area contributed by atoms with E-state index >= 15 is 0 Å². The first-order chi connectivity index (χ1) is 8.09. The second-order valence-electron chi connectivity index (χ2n) is 4.37. The van der Waals surface area contributed by atoms with E-state index in [0.29, 0.717) is 43.3 Å². The van der Waals surface area contributed by atoms with Crippen LogP contribution in [0.4, 0.5) is 4.39 Å². The quantitative estimate of drug-likeness (QED) is 0.865. The van der Waals surface area contributed by atoms with Crippen molar-refractivity contribution in [3.05, 3.63) is 34.6 Å². The number of halogens is 2. The Hall–Kier alpha value is -0.680. The predicted molar refractivity (Wildman–Crippen MR) is 63.5 cm³/mol. The predicted octanol–water partition coefficient (Wildman–Crippen LogP) is 1.72. The summed E-state index contributed by atoms with van der Waals surface area (Å²) in [6.07, 6.45) is 0.622. The Labute approximate surface area is 105 Å². The zero-order valence-corrected chi connectivity index (χ0v) is 10.1. The third kappa shape index (κ3) is 3.39. The Balaban J connectivity index is 1.87. The van der Waals surface area contributed by atoms with Gasteiger partial charge in [0.2, 0.25) is 0 Å². The van der Waals surface area contributed by atoms with Crippen LogP contribution in [0.25, 0.3) is 0 Å². The highest BCUT2D eigenvalue weighted by molar-refractivity contribution is 6.31. The van der Waals surface area contributed by atoms with Crippen molar-refractivity contribution in [2.75, 3.05) is 19.8 Å². The normalized spacial score (nSPS) is 24.2. The van der Waals surface area contributed by atoms with Crippen LogP contribution in [0.2, 0.25) is 5.02 Å². The van der Waals surface area contributed by atoms with E-state index in [0.717, 1.165) is 0 Å². The van der Waals surface area contributed by atoms with Crippen LogP contribution in [0, 0.1) is 5.82 Å². The molecule has 3 nitrogen and oxygen atoms in total. The summed E-state index contributed by atoms with van der Waals surface area (Å²) in [5, 5.41) is 13.6. The zero-order valence-electron chi connectivity index (χ0n) is 9.38. The molecule has 0 amide bonds. The van der Waals surface area contributed by atoms with Gasteiger partial charge in [-0.15, -0.1) is 0 Å². The summed E-state index contributed by atoms with van der Waals surface area (Å²) >= 11 is 5.93. The van der Waals surface area contributed by atoms with Gasteiger partial charge in [0.25, 0.3) is 0 Å². The van der Waals surface area contributed by atoms with E-state index in [-0.39, 0.29) is 5.82 Å². The fraction of sp³-hybridized carbons (Fsp3) is 0.500. The third-order valence-electron chi connectivity index (χ3n) is 2.86. The molecule has 1 unspecified atom stereocenters. The lowest BCUT2D eigenvalue weighted by molar-refractivity contribution is 0.0268. The summed E-state index contributed by atoms with van der Waals surface area (Å²) < 4.78 is 18.1. The maximum atomic E-state index is 13.0. The van der Waals surface area contributed by atoms with Gasteiger partial charge < -0.3 is 15.2 Å². The second kappa shape index (κ2) is 5.31. The molecule has 0 aromatic heterocycles. The average molecular weight is 260 g/mol. The fourth-order valence-electron chi connectivity index (χ4n) is 1.84. The Bertz CT molecular complexity index is 394. The molecule has 0 aliphatic carbocycles. The lowest BCUT2D eigenvalue weighted by Gasteiger charge is -2.20. The van der Waals surface area contributed by atoms with Gasteiger partial charge in [-0.05, 0) is 23.8 Å². The molecule has 1 aliphatic rings. The van der Waals surface area contributed by atoms with Crippen LogP contribution in [0.3, 0.4) is 0 Å². The molecule has 1 fully saturated rings. The molecule has 17 heavy (non-hydrogen) atoms. The minimum atomic E-state index is -0.806. The van der Waals surface area contributed by atoms with E-state index < -0.39 is 5.60 Å². The summed E-state index contributed by atoms with van der Waals surface area (Å²) in [7, 11) is 0. The van der Waals surface area contributed by atoms with E-state index in [4.69, 9.17) is 16.3 Å². The van der Waals surface area contributed by atoms with Gasteiger partial charge in [0.1, 0.15) is 11.4 Å². The highest BCUT2D eigenvalue weighted by Crippen LogP contribution is 2.19. The molecule has 1 heterocycles. The van der Waals surface area contributed by atoms with Crippen molar-refractivity contribution >= 4 is 11.6 Å². The van der Waals surface area contributed by atoms with Crippen LogP contribution in [0.1, 0.15) is 12.0 Å². The molecule has 1 saturated heterocycles. The minimum Gasteiger partial charge on any atom is -0.386 e. The molecule has 1 aliphatic heterocycles. The van der Waals surface area contributed by atoms with Gasteiger partial charge in [0.05, 0.1) is 6.61 Å². The van der Waals surface area contributed by atoms with Gasteiger partial charge in [-0.3, -0.25) is 0 Å². The molecule has 5 heteroatoms. The van der Waals surface area contributed by atoms with Crippen molar-refractivity contribution in [2.45, 2.75) is 18.6 Å². The molecule has 94 valence electrons. The molecule has 0 spiro atoms. The van der Waals surface area contributed by atoms with Gasteiger partial charge in [0, 0.05) is 31.1 Å². The molecule has 1 atom stereocenters. The topological polar surface area (TPSA) is 41.5 Å². The van der Waals surface area contributed by atoms with Crippen molar-refractivity contribution in [1.29, 1.82) is 0 Å². The minimum absolute atomic E-state index is 0.311. The van der Waals surface area contributed by atoms with Crippen LogP contribution in [0.15, 0.2) is 18.2 Å². The number of benzene rings is 1. The maximum absolute atomic E-state index is 13.0. The SMILES string of the molecule is OC1(CNCc2cc(F)ccc2Cl)CCOC1. The first-order valence-electron chi connectivity index (χ1n) is 5.54. The fourth-order valence-corrected chi connectivity index (χ4v) is 2.03. The number of ether oxygens (including phenoxy) is 1. The van der Waals surface area contributed by atoms with Crippen molar-refractivity contribution in [3.63, 3.8) is 0 Å². The number of nitrogens with one attached hydrogen (secondary N) is 1. The zero-order chi connectivity index (χ0) is 12.3. The number of hydrogen-bond acceptors (Lipinski definition) is 3. The molecule has 0 bridgehead atoms. The van der Waals surface area contributed by atoms with Gasteiger partial charge in [0.15, 0.2) is 0 Å². The highest BCUT2D eigenvalue weighted by Gasteiger charge is 2.31. The van der Waals surface area contributed by atoms with Crippen molar-refractivity contribution < 1.29 is 14.2 Å². The van der Waals surface area contributed by atoms with Gasteiger partial charge in [-0.25, -0.2) is 4.39 Å². The van der Waals surface area contributed by atoms with Gasteiger partial charge in [-0.2, -0.15) is 0 Å². The van der Waals surface area contributed by atoms with Crippen LogP contribution in [-0.4, -0.2) is 30.5 Å². The monoisotopic (exact) mass is 259 g/mol. The Morgan fingerprint density at radius 2 is 2.35 bits per heavy atom. The van der Waals surface area contributed by atoms with E-state index in [1.165, 1.54) is 18.2 Å². The molecule has 2 N–H and O–H groups in total. The highest BCUT2D eigenvalue weighted by atomic mass is 35.5.